The lowest BCUT2D eigenvalue weighted by atomic mass is 10.2. The number of hydrogen-bond acceptors (Lipinski definition) is 3. The van der Waals surface area contributed by atoms with Gasteiger partial charge in [-0.25, -0.2) is 4.98 Å². The van der Waals surface area contributed by atoms with Crippen molar-refractivity contribution in [2.24, 2.45) is 0 Å². The maximum atomic E-state index is 4.41. The van der Waals surface area contributed by atoms with Crippen LogP contribution in [0.15, 0.2) is 24.5 Å². The van der Waals surface area contributed by atoms with Crippen molar-refractivity contribution in [3.8, 4) is 0 Å². The van der Waals surface area contributed by atoms with Gasteiger partial charge in [0.25, 0.3) is 0 Å². The van der Waals surface area contributed by atoms with Crippen LogP contribution in [-0.4, -0.2) is 20.2 Å². The Hall–Kier alpha value is -1.71. The predicted molar refractivity (Wildman–Crippen MR) is 57.5 cm³/mol. The lowest BCUT2D eigenvalue weighted by molar-refractivity contribution is 0.780. The molecule has 78 valence electrons. The number of hydrogen-bond donors (Lipinski definition) is 1. The number of aromatic amines is 1. The zero-order valence-corrected chi connectivity index (χ0v) is 8.94. The summed E-state index contributed by atoms with van der Waals surface area (Å²) in [7, 11) is 0. The first-order valence-corrected chi connectivity index (χ1v) is 5.06. The molecule has 0 aliphatic heterocycles. The Balaban J connectivity index is 2.12. The summed E-state index contributed by atoms with van der Waals surface area (Å²) in [6.45, 7) is 4.16. The molecule has 0 radical (unpaired) electrons. The van der Waals surface area contributed by atoms with E-state index in [2.05, 4.69) is 34.0 Å². The number of nitrogens with zero attached hydrogens (tertiary/aromatic N) is 3. The second-order valence-corrected chi connectivity index (χ2v) is 3.83. The Labute approximate surface area is 88.8 Å². The van der Waals surface area contributed by atoms with Gasteiger partial charge in [0.2, 0.25) is 0 Å². The summed E-state index contributed by atoms with van der Waals surface area (Å²) < 4.78 is 0. The van der Waals surface area contributed by atoms with Gasteiger partial charge in [-0.15, -0.1) is 0 Å². The fourth-order valence-electron chi connectivity index (χ4n) is 1.34. The van der Waals surface area contributed by atoms with E-state index in [9.17, 15) is 0 Å². The molecule has 0 aliphatic rings. The highest BCUT2D eigenvalue weighted by molar-refractivity contribution is 5.14. The molecule has 0 aliphatic carbocycles. The zero-order valence-electron chi connectivity index (χ0n) is 8.94. The molecule has 0 unspecified atom stereocenters. The van der Waals surface area contributed by atoms with E-state index in [0.29, 0.717) is 5.92 Å². The number of pyridine rings is 1. The molecule has 0 fully saturated rings. The van der Waals surface area contributed by atoms with E-state index >= 15 is 0 Å². The second-order valence-electron chi connectivity index (χ2n) is 3.83. The summed E-state index contributed by atoms with van der Waals surface area (Å²) >= 11 is 0. The lowest BCUT2D eigenvalue weighted by Gasteiger charge is -1.96. The normalized spacial score (nSPS) is 10.9. The van der Waals surface area contributed by atoms with Gasteiger partial charge >= 0.3 is 0 Å². The molecule has 0 spiro atoms. The van der Waals surface area contributed by atoms with Gasteiger partial charge in [-0.1, -0.05) is 19.9 Å². The summed E-state index contributed by atoms with van der Waals surface area (Å²) in [5.41, 5.74) is 1.14. The molecule has 0 saturated heterocycles. The molecule has 15 heavy (non-hydrogen) atoms. The van der Waals surface area contributed by atoms with Gasteiger partial charge in [-0.2, -0.15) is 5.10 Å². The third-order valence-corrected chi connectivity index (χ3v) is 2.16. The maximum Gasteiger partial charge on any atom is 0.153 e. The van der Waals surface area contributed by atoms with Crippen LogP contribution in [0.5, 0.6) is 0 Å². The van der Waals surface area contributed by atoms with Crippen molar-refractivity contribution in [1.29, 1.82) is 0 Å². The molecule has 0 saturated carbocycles. The monoisotopic (exact) mass is 202 g/mol. The maximum absolute atomic E-state index is 4.41. The van der Waals surface area contributed by atoms with Crippen molar-refractivity contribution in [3.63, 3.8) is 0 Å². The van der Waals surface area contributed by atoms with Crippen LogP contribution in [0.2, 0.25) is 0 Å². The van der Waals surface area contributed by atoms with Crippen LogP contribution in [0, 0.1) is 0 Å². The highest BCUT2D eigenvalue weighted by atomic mass is 15.2. The molecular formula is C11H14N4. The van der Waals surface area contributed by atoms with E-state index < -0.39 is 0 Å². The molecule has 0 aromatic carbocycles. The van der Waals surface area contributed by atoms with E-state index in [1.165, 1.54) is 0 Å². The fraction of sp³-hybridized carbons (Fsp3) is 0.364. The van der Waals surface area contributed by atoms with E-state index in [1.54, 1.807) is 6.20 Å². The third-order valence-electron chi connectivity index (χ3n) is 2.16. The molecule has 0 atom stereocenters. The third kappa shape index (κ3) is 2.40. The van der Waals surface area contributed by atoms with E-state index in [1.807, 2.05) is 18.3 Å². The number of nitrogens with one attached hydrogen (secondary N) is 1. The van der Waals surface area contributed by atoms with E-state index in [0.717, 1.165) is 23.6 Å². The largest absolute Gasteiger partial charge is 0.264 e. The quantitative estimate of drug-likeness (QED) is 0.827. The molecule has 2 aromatic rings. The van der Waals surface area contributed by atoms with Crippen molar-refractivity contribution >= 4 is 0 Å². The Morgan fingerprint density at radius 3 is 2.87 bits per heavy atom. The Bertz CT molecular complexity index is 419. The molecule has 2 rings (SSSR count). The number of H-pyrrole nitrogens is 1. The predicted octanol–water partition coefficient (Wildman–Crippen LogP) is 1.91. The van der Waals surface area contributed by atoms with Crippen LogP contribution in [0.25, 0.3) is 0 Å². The average Bonchev–Trinajstić information content (AvgIpc) is 2.68. The van der Waals surface area contributed by atoms with Gasteiger partial charge in [-0.3, -0.25) is 10.1 Å². The summed E-state index contributed by atoms with van der Waals surface area (Å²) in [5, 5.41) is 7.10. The second kappa shape index (κ2) is 4.21. The van der Waals surface area contributed by atoms with Crippen molar-refractivity contribution < 1.29 is 0 Å². The zero-order chi connectivity index (χ0) is 10.7. The molecule has 0 amide bonds. The average molecular weight is 202 g/mol. The van der Waals surface area contributed by atoms with Crippen LogP contribution in [0.4, 0.5) is 0 Å². The minimum absolute atomic E-state index is 0.365. The summed E-state index contributed by atoms with van der Waals surface area (Å²) in [5.74, 6) is 2.13. The van der Waals surface area contributed by atoms with Crippen LogP contribution in [0.3, 0.4) is 0 Å². The molecule has 1 N–H and O–H groups in total. The highest BCUT2D eigenvalue weighted by Crippen LogP contribution is 2.09. The highest BCUT2D eigenvalue weighted by Gasteiger charge is 2.06. The molecule has 4 heteroatoms. The van der Waals surface area contributed by atoms with Gasteiger partial charge in [0.15, 0.2) is 5.82 Å². The number of rotatable bonds is 3. The van der Waals surface area contributed by atoms with Gasteiger partial charge in [0.05, 0.1) is 0 Å². The summed E-state index contributed by atoms with van der Waals surface area (Å²) in [6, 6.07) is 3.96. The van der Waals surface area contributed by atoms with Crippen LogP contribution in [-0.2, 0) is 6.42 Å². The molecule has 4 nitrogen and oxygen atoms in total. The van der Waals surface area contributed by atoms with Crippen molar-refractivity contribution in [2.45, 2.75) is 26.2 Å². The minimum atomic E-state index is 0.365. The fourth-order valence-corrected chi connectivity index (χ4v) is 1.34. The smallest absolute Gasteiger partial charge is 0.153 e. The standard InChI is InChI=1S/C11H14N4/c1-8(2)11-13-10(14-15-11)6-9-4-3-5-12-7-9/h3-5,7-8H,6H2,1-2H3,(H,13,14,15). The molecule has 2 heterocycles. The van der Waals surface area contributed by atoms with Gasteiger partial charge < -0.3 is 0 Å². The van der Waals surface area contributed by atoms with Gasteiger partial charge in [-0.05, 0) is 11.6 Å². The van der Waals surface area contributed by atoms with E-state index in [-0.39, 0.29) is 0 Å². The summed E-state index contributed by atoms with van der Waals surface area (Å²) in [4.78, 5) is 8.47. The lowest BCUT2D eigenvalue weighted by Crippen LogP contribution is -1.92. The van der Waals surface area contributed by atoms with Crippen molar-refractivity contribution in [1.82, 2.24) is 20.2 Å². The molecular weight excluding hydrogens is 188 g/mol. The molecule has 2 aromatic heterocycles. The topological polar surface area (TPSA) is 54.5 Å². The minimum Gasteiger partial charge on any atom is -0.264 e. The van der Waals surface area contributed by atoms with Crippen LogP contribution >= 0.6 is 0 Å². The Kier molecular flexibility index (Phi) is 2.76. The van der Waals surface area contributed by atoms with Crippen LogP contribution < -0.4 is 0 Å². The SMILES string of the molecule is CC(C)c1n[nH]c(Cc2cccnc2)n1. The Morgan fingerprint density at radius 2 is 2.27 bits per heavy atom. The van der Waals surface area contributed by atoms with Crippen molar-refractivity contribution in [3.05, 3.63) is 41.7 Å². The summed E-state index contributed by atoms with van der Waals surface area (Å²) in [6.07, 6.45) is 4.37. The number of aromatic nitrogens is 4. The van der Waals surface area contributed by atoms with Gasteiger partial charge in [0.1, 0.15) is 5.82 Å². The first kappa shape index (κ1) is 9.83. The molecule has 0 bridgehead atoms. The van der Waals surface area contributed by atoms with Gasteiger partial charge in [0, 0.05) is 24.7 Å². The first-order chi connectivity index (χ1) is 7.25. The van der Waals surface area contributed by atoms with Crippen LogP contribution in [0.1, 0.15) is 37.0 Å². The first-order valence-electron chi connectivity index (χ1n) is 5.06. The van der Waals surface area contributed by atoms with E-state index in [4.69, 9.17) is 0 Å². The Morgan fingerprint density at radius 1 is 1.40 bits per heavy atom. The van der Waals surface area contributed by atoms with Crippen molar-refractivity contribution in [2.75, 3.05) is 0 Å².